The third-order valence-corrected chi connectivity index (χ3v) is 4.85. The maximum absolute atomic E-state index is 13.7. The summed E-state index contributed by atoms with van der Waals surface area (Å²) in [5.74, 6) is 0. The fourth-order valence-electron chi connectivity index (χ4n) is 3.81. The molecule has 2 heterocycles. The first kappa shape index (κ1) is 15.6. The van der Waals surface area contributed by atoms with E-state index in [1.165, 1.54) is 6.07 Å². The molecule has 2 aliphatic rings. The third kappa shape index (κ3) is 2.81. The normalized spacial score (nSPS) is 28.9. The molecule has 0 bridgehead atoms. The second-order valence-corrected chi connectivity index (χ2v) is 6.48. The molecule has 1 N–H and O–H groups in total. The molecule has 1 aromatic rings. The molecule has 2 nitrogen and oxygen atoms in total. The van der Waals surface area contributed by atoms with Gasteiger partial charge in [-0.25, -0.2) is 4.39 Å². The summed E-state index contributed by atoms with van der Waals surface area (Å²) in [6, 6.07) is 4.28. The zero-order valence-corrected chi connectivity index (χ0v) is 12.5. The average Bonchev–Trinajstić information content (AvgIpc) is 2.92. The lowest BCUT2D eigenvalue weighted by Gasteiger charge is -2.32. The summed E-state index contributed by atoms with van der Waals surface area (Å²) in [6.07, 6.45) is -3.03. The van der Waals surface area contributed by atoms with Crippen molar-refractivity contribution >= 4 is 5.69 Å². The first-order valence-corrected chi connectivity index (χ1v) is 7.61. The molecule has 2 atom stereocenters. The second kappa shape index (κ2) is 5.41. The number of benzene rings is 1. The molecule has 0 aliphatic carbocycles. The lowest BCUT2D eigenvalue weighted by molar-refractivity contribution is -0.137. The second-order valence-electron chi connectivity index (χ2n) is 6.48. The van der Waals surface area contributed by atoms with Crippen LogP contribution in [0.25, 0.3) is 0 Å². The molecule has 2 unspecified atom stereocenters. The van der Waals surface area contributed by atoms with Gasteiger partial charge < -0.3 is 5.32 Å². The smallest absolute Gasteiger partial charge is 0.383 e. The van der Waals surface area contributed by atoms with Gasteiger partial charge in [0.05, 0.1) is 5.56 Å². The summed E-state index contributed by atoms with van der Waals surface area (Å²) in [4.78, 5) is 2.09. The van der Waals surface area contributed by atoms with E-state index < -0.39 is 17.9 Å². The topological polar surface area (TPSA) is 15.3 Å². The number of nitrogens with one attached hydrogen (secondary N) is 1. The summed E-state index contributed by atoms with van der Waals surface area (Å²) in [5.41, 5.74) is -0.319. The number of aryl methyl sites for hydroxylation is 1. The van der Waals surface area contributed by atoms with Crippen molar-refractivity contribution in [2.75, 3.05) is 25.0 Å². The highest BCUT2D eigenvalue weighted by Crippen LogP contribution is 2.41. The van der Waals surface area contributed by atoms with Gasteiger partial charge in [-0.2, -0.15) is 13.2 Å². The summed E-state index contributed by atoms with van der Waals surface area (Å²) >= 11 is 0. The standard InChI is InChI=1S/C16H20F4N2/c1-11-3-4-14(13(7-11)16(18,19)20)21-10-15-5-2-6-22(15)9-12(17)8-15/h3-4,7,12,21H,2,5-6,8-10H2,1H3. The molecule has 22 heavy (non-hydrogen) atoms. The minimum Gasteiger partial charge on any atom is -0.383 e. The van der Waals surface area contributed by atoms with Gasteiger partial charge in [0.15, 0.2) is 0 Å². The molecular formula is C16H20F4N2. The van der Waals surface area contributed by atoms with Crippen LogP contribution in [0.1, 0.15) is 30.4 Å². The van der Waals surface area contributed by atoms with Crippen molar-refractivity contribution in [2.24, 2.45) is 0 Å². The molecule has 0 spiro atoms. The first-order chi connectivity index (χ1) is 10.3. The number of fused-ring (bicyclic) bond motifs is 1. The Morgan fingerprint density at radius 1 is 1.36 bits per heavy atom. The monoisotopic (exact) mass is 316 g/mol. The van der Waals surface area contributed by atoms with Crippen LogP contribution in [0.4, 0.5) is 23.2 Å². The Morgan fingerprint density at radius 2 is 2.14 bits per heavy atom. The van der Waals surface area contributed by atoms with E-state index in [9.17, 15) is 17.6 Å². The quantitative estimate of drug-likeness (QED) is 0.848. The fourth-order valence-corrected chi connectivity index (χ4v) is 3.81. The van der Waals surface area contributed by atoms with Crippen molar-refractivity contribution in [3.8, 4) is 0 Å². The molecule has 2 fully saturated rings. The minimum atomic E-state index is -4.39. The van der Waals surface area contributed by atoms with Gasteiger partial charge in [-0.3, -0.25) is 4.90 Å². The molecule has 0 radical (unpaired) electrons. The van der Waals surface area contributed by atoms with E-state index >= 15 is 0 Å². The lowest BCUT2D eigenvalue weighted by atomic mass is 9.93. The molecule has 6 heteroatoms. The van der Waals surface area contributed by atoms with Gasteiger partial charge in [0.2, 0.25) is 0 Å². The SMILES string of the molecule is Cc1ccc(NCC23CCCN2CC(F)C3)c(C(F)(F)F)c1. The van der Waals surface area contributed by atoms with E-state index in [0.717, 1.165) is 25.5 Å². The van der Waals surface area contributed by atoms with E-state index in [2.05, 4.69) is 10.2 Å². The van der Waals surface area contributed by atoms with Crippen LogP contribution in [0.2, 0.25) is 0 Å². The predicted molar refractivity (Wildman–Crippen MR) is 77.7 cm³/mol. The van der Waals surface area contributed by atoms with Crippen molar-refractivity contribution in [1.82, 2.24) is 4.90 Å². The number of hydrogen-bond donors (Lipinski definition) is 1. The van der Waals surface area contributed by atoms with Crippen LogP contribution in [-0.4, -0.2) is 36.2 Å². The number of alkyl halides is 4. The highest BCUT2D eigenvalue weighted by Gasteiger charge is 2.48. The summed E-state index contributed by atoms with van der Waals surface area (Å²) in [6.45, 7) is 3.24. The third-order valence-electron chi connectivity index (χ3n) is 4.85. The number of anilines is 1. The van der Waals surface area contributed by atoms with Crippen LogP contribution in [0.5, 0.6) is 0 Å². The molecule has 3 rings (SSSR count). The first-order valence-electron chi connectivity index (χ1n) is 7.61. The summed E-state index contributed by atoms with van der Waals surface area (Å²) in [5, 5.41) is 2.94. The Labute approximate surface area is 127 Å². The number of nitrogens with zero attached hydrogens (tertiary/aromatic N) is 1. The number of rotatable bonds is 3. The van der Waals surface area contributed by atoms with E-state index in [1.807, 2.05) is 0 Å². The molecule has 2 saturated heterocycles. The van der Waals surface area contributed by atoms with Gasteiger partial charge in [0, 0.05) is 24.3 Å². The van der Waals surface area contributed by atoms with Gasteiger partial charge in [-0.05, 0) is 44.9 Å². The van der Waals surface area contributed by atoms with Crippen LogP contribution < -0.4 is 5.32 Å². The molecule has 0 aromatic heterocycles. The predicted octanol–water partition coefficient (Wildman–Crippen LogP) is 4.00. The van der Waals surface area contributed by atoms with Gasteiger partial charge in [0.25, 0.3) is 0 Å². The van der Waals surface area contributed by atoms with Crippen LogP contribution in [0.15, 0.2) is 18.2 Å². The Kier molecular flexibility index (Phi) is 3.83. The van der Waals surface area contributed by atoms with E-state index in [0.29, 0.717) is 25.1 Å². The van der Waals surface area contributed by atoms with Gasteiger partial charge in [0.1, 0.15) is 6.17 Å². The minimum absolute atomic E-state index is 0.0848. The molecule has 0 saturated carbocycles. The Bertz CT molecular complexity index is 558. The Morgan fingerprint density at radius 3 is 2.86 bits per heavy atom. The number of hydrogen-bond acceptors (Lipinski definition) is 2. The zero-order valence-electron chi connectivity index (χ0n) is 12.5. The maximum atomic E-state index is 13.7. The Balaban J connectivity index is 1.80. The van der Waals surface area contributed by atoms with Crippen molar-refractivity contribution < 1.29 is 17.6 Å². The summed E-state index contributed by atoms with van der Waals surface area (Å²) < 4.78 is 53.1. The van der Waals surface area contributed by atoms with Gasteiger partial charge in [-0.1, -0.05) is 11.6 Å². The van der Waals surface area contributed by atoms with Crippen LogP contribution in [-0.2, 0) is 6.18 Å². The van der Waals surface area contributed by atoms with Crippen molar-refractivity contribution in [3.05, 3.63) is 29.3 Å². The number of halogens is 4. The van der Waals surface area contributed by atoms with Crippen LogP contribution in [0.3, 0.4) is 0 Å². The zero-order chi connectivity index (χ0) is 16.0. The molecule has 122 valence electrons. The highest BCUT2D eigenvalue weighted by atomic mass is 19.4. The maximum Gasteiger partial charge on any atom is 0.418 e. The van der Waals surface area contributed by atoms with Crippen molar-refractivity contribution in [2.45, 2.75) is 44.1 Å². The lowest BCUT2D eigenvalue weighted by Crippen LogP contribution is -2.44. The summed E-state index contributed by atoms with van der Waals surface area (Å²) in [7, 11) is 0. The van der Waals surface area contributed by atoms with E-state index in [-0.39, 0.29) is 11.2 Å². The van der Waals surface area contributed by atoms with Crippen molar-refractivity contribution in [3.63, 3.8) is 0 Å². The largest absolute Gasteiger partial charge is 0.418 e. The Hall–Kier alpha value is -1.30. The van der Waals surface area contributed by atoms with Crippen LogP contribution >= 0.6 is 0 Å². The van der Waals surface area contributed by atoms with Crippen molar-refractivity contribution in [1.29, 1.82) is 0 Å². The molecule has 0 amide bonds. The van der Waals surface area contributed by atoms with Gasteiger partial charge >= 0.3 is 6.18 Å². The van der Waals surface area contributed by atoms with E-state index in [1.54, 1.807) is 13.0 Å². The molecular weight excluding hydrogens is 296 g/mol. The van der Waals surface area contributed by atoms with Gasteiger partial charge in [-0.15, -0.1) is 0 Å². The fraction of sp³-hybridized carbons (Fsp3) is 0.625. The average molecular weight is 316 g/mol. The highest BCUT2D eigenvalue weighted by molar-refractivity contribution is 5.54. The molecule has 1 aromatic carbocycles. The van der Waals surface area contributed by atoms with Crippen LogP contribution in [0, 0.1) is 6.92 Å². The molecule has 2 aliphatic heterocycles. The van der Waals surface area contributed by atoms with E-state index in [4.69, 9.17) is 0 Å².